The molecule has 0 atom stereocenters. The van der Waals surface area contributed by atoms with Gasteiger partial charge < -0.3 is 15.0 Å². The number of ether oxygens (including phenoxy) is 1. The number of hydrogen-bond donors (Lipinski definition) is 1. The lowest BCUT2D eigenvalue weighted by atomic mass is 9.89. The topological polar surface area (TPSA) is 41.6 Å². The van der Waals surface area contributed by atoms with E-state index in [0.717, 1.165) is 37.2 Å². The fraction of sp³-hybridized carbons (Fsp3) is 0.533. The van der Waals surface area contributed by atoms with E-state index in [1.165, 1.54) is 0 Å². The number of likely N-dealkylation sites (tertiary alicyclic amines) is 1. The molecule has 0 bridgehead atoms. The van der Waals surface area contributed by atoms with Crippen molar-refractivity contribution in [1.82, 2.24) is 10.2 Å². The number of carbonyl (C=O) groups excluding carboxylic acids is 1. The van der Waals surface area contributed by atoms with Crippen LogP contribution in [-0.2, 0) is 0 Å². The van der Waals surface area contributed by atoms with Gasteiger partial charge in [-0.1, -0.05) is 0 Å². The highest BCUT2D eigenvalue weighted by atomic mass is 16.5. The molecule has 1 amide bonds. The van der Waals surface area contributed by atoms with Crippen molar-refractivity contribution in [2.24, 2.45) is 0 Å². The summed E-state index contributed by atoms with van der Waals surface area (Å²) in [6, 6.07) is 7.31. The Morgan fingerprint density at radius 1 is 1.26 bits per heavy atom. The molecule has 0 saturated carbocycles. The quantitative estimate of drug-likeness (QED) is 0.904. The monoisotopic (exact) mass is 262 g/mol. The van der Waals surface area contributed by atoms with Crippen LogP contribution in [0.25, 0.3) is 0 Å². The fourth-order valence-corrected chi connectivity index (χ4v) is 2.37. The number of carbonyl (C=O) groups is 1. The third kappa shape index (κ3) is 3.07. The Morgan fingerprint density at radius 3 is 2.32 bits per heavy atom. The van der Waals surface area contributed by atoms with Crippen LogP contribution in [-0.4, -0.2) is 43.6 Å². The van der Waals surface area contributed by atoms with Gasteiger partial charge in [-0.2, -0.15) is 0 Å². The minimum atomic E-state index is 0.112. The molecule has 1 fully saturated rings. The number of methoxy groups -OCH3 is 1. The summed E-state index contributed by atoms with van der Waals surface area (Å²) in [6.07, 6.45) is 1.98. The second kappa shape index (κ2) is 5.61. The normalized spacial score (nSPS) is 18.2. The molecule has 4 heteroatoms. The van der Waals surface area contributed by atoms with E-state index >= 15 is 0 Å². The molecule has 1 aromatic rings. The zero-order valence-corrected chi connectivity index (χ0v) is 11.9. The van der Waals surface area contributed by atoms with E-state index in [4.69, 9.17) is 4.74 Å². The van der Waals surface area contributed by atoms with Crippen molar-refractivity contribution in [3.63, 3.8) is 0 Å². The molecule has 19 heavy (non-hydrogen) atoms. The van der Waals surface area contributed by atoms with Gasteiger partial charge in [-0.15, -0.1) is 0 Å². The Balaban J connectivity index is 2.00. The van der Waals surface area contributed by atoms with Crippen LogP contribution in [0.2, 0.25) is 0 Å². The van der Waals surface area contributed by atoms with Crippen LogP contribution in [0.3, 0.4) is 0 Å². The average Bonchev–Trinajstić information content (AvgIpc) is 2.47. The summed E-state index contributed by atoms with van der Waals surface area (Å²) in [7, 11) is 3.61. The highest BCUT2D eigenvalue weighted by molar-refractivity contribution is 5.94. The molecular formula is C15H22N2O2. The van der Waals surface area contributed by atoms with E-state index in [-0.39, 0.29) is 11.4 Å². The molecule has 2 rings (SSSR count). The van der Waals surface area contributed by atoms with Gasteiger partial charge in [-0.25, -0.2) is 0 Å². The first-order valence-electron chi connectivity index (χ1n) is 6.70. The second-order valence-corrected chi connectivity index (χ2v) is 5.33. The lowest BCUT2D eigenvalue weighted by Gasteiger charge is -2.39. The van der Waals surface area contributed by atoms with Crippen molar-refractivity contribution in [1.29, 1.82) is 0 Å². The first kappa shape index (κ1) is 13.9. The van der Waals surface area contributed by atoms with Crippen LogP contribution in [0, 0.1) is 0 Å². The minimum Gasteiger partial charge on any atom is -0.497 e. The highest BCUT2D eigenvalue weighted by Crippen LogP contribution is 2.23. The number of hydrogen-bond acceptors (Lipinski definition) is 3. The molecule has 1 aliphatic rings. The van der Waals surface area contributed by atoms with Crippen LogP contribution in [0.5, 0.6) is 5.75 Å². The van der Waals surface area contributed by atoms with E-state index in [1.807, 2.05) is 36.2 Å². The largest absolute Gasteiger partial charge is 0.497 e. The van der Waals surface area contributed by atoms with Gasteiger partial charge in [0.05, 0.1) is 7.11 Å². The van der Waals surface area contributed by atoms with Crippen molar-refractivity contribution >= 4 is 5.91 Å². The molecular weight excluding hydrogens is 240 g/mol. The fourth-order valence-electron chi connectivity index (χ4n) is 2.37. The van der Waals surface area contributed by atoms with Crippen LogP contribution in [0.15, 0.2) is 24.3 Å². The summed E-state index contributed by atoms with van der Waals surface area (Å²) >= 11 is 0. The Kier molecular flexibility index (Phi) is 4.10. The van der Waals surface area contributed by atoms with Crippen molar-refractivity contribution in [3.8, 4) is 5.75 Å². The molecule has 0 aromatic heterocycles. The van der Waals surface area contributed by atoms with E-state index in [9.17, 15) is 4.79 Å². The SMILES string of the molecule is CNC1(C)CCN(C(=O)c2ccc(OC)cc2)CC1. The van der Waals surface area contributed by atoms with Gasteiger partial charge in [0.15, 0.2) is 0 Å². The van der Waals surface area contributed by atoms with Crippen LogP contribution in [0.4, 0.5) is 0 Å². The number of rotatable bonds is 3. The number of nitrogens with zero attached hydrogens (tertiary/aromatic N) is 1. The van der Waals surface area contributed by atoms with Crippen LogP contribution >= 0.6 is 0 Å². The zero-order chi connectivity index (χ0) is 13.9. The summed E-state index contributed by atoms with van der Waals surface area (Å²) in [6.45, 7) is 3.83. The Hall–Kier alpha value is -1.55. The molecule has 0 spiro atoms. The van der Waals surface area contributed by atoms with Crippen molar-refractivity contribution < 1.29 is 9.53 Å². The molecule has 1 saturated heterocycles. The van der Waals surface area contributed by atoms with Gasteiger partial charge >= 0.3 is 0 Å². The van der Waals surface area contributed by atoms with Gasteiger partial charge in [0.25, 0.3) is 5.91 Å². The molecule has 1 N–H and O–H groups in total. The van der Waals surface area contributed by atoms with E-state index in [0.29, 0.717) is 0 Å². The average molecular weight is 262 g/mol. The highest BCUT2D eigenvalue weighted by Gasteiger charge is 2.30. The maximum absolute atomic E-state index is 12.4. The van der Waals surface area contributed by atoms with E-state index in [2.05, 4.69) is 12.2 Å². The molecule has 0 aliphatic carbocycles. The predicted molar refractivity (Wildman–Crippen MR) is 75.6 cm³/mol. The van der Waals surface area contributed by atoms with Crippen molar-refractivity contribution in [3.05, 3.63) is 29.8 Å². The van der Waals surface area contributed by atoms with Gasteiger partial charge in [0.1, 0.15) is 5.75 Å². The summed E-state index contributed by atoms with van der Waals surface area (Å²) in [5, 5.41) is 3.34. The lowest BCUT2D eigenvalue weighted by molar-refractivity contribution is 0.0662. The van der Waals surface area contributed by atoms with Crippen molar-refractivity contribution in [2.75, 3.05) is 27.2 Å². The molecule has 104 valence electrons. The smallest absolute Gasteiger partial charge is 0.253 e. The second-order valence-electron chi connectivity index (χ2n) is 5.33. The Labute approximate surface area is 114 Å². The van der Waals surface area contributed by atoms with Crippen LogP contribution in [0.1, 0.15) is 30.1 Å². The van der Waals surface area contributed by atoms with Crippen LogP contribution < -0.4 is 10.1 Å². The summed E-state index contributed by atoms with van der Waals surface area (Å²) in [5.41, 5.74) is 0.894. The number of piperidine rings is 1. The third-order valence-corrected chi connectivity index (χ3v) is 4.09. The van der Waals surface area contributed by atoms with Gasteiger partial charge in [0.2, 0.25) is 0 Å². The first-order chi connectivity index (χ1) is 9.08. The molecule has 0 unspecified atom stereocenters. The maximum atomic E-state index is 12.4. The summed E-state index contributed by atoms with van der Waals surface area (Å²) in [4.78, 5) is 14.3. The minimum absolute atomic E-state index is 0.112. The molecule has 0 radical (unpaired) electrons. The summed E-state index contributed by atoms with van der Waals surface area (Å²) < 4.78 is 5.10. The van der Waals surface area contributed by atoms with E-state index < -0.39 is 0 Å². The molecule has 4 nitrogen and oxygen atoms in total. The predicted octanol–water partition coefficient (Wildman–Crippen LogP) is 1.91. The third-order valence-electron chi connectivity index (χ3n) is 4.09. The molecule has 1 heterocycles. The zero-order valence-electron chi connectivity index (χ0n) is 11.9. The summed E-state index contributed by atoms with van der Waals surface area (Å²) in [5.74, 6) is 0.888. The standard InChI is InChI=1S/C15H22N2O2/c1-15(16-2)8-10-17(11-9-15)14(18)12-4-6-13(19-3)7-5-12/h4-7,16H,8-11H2,1-3H3. The Bertz CT molecular complexity index is 434. The molecule has 1 aliphatic heterocycles. The van der Waals surface area contributed by atoms with Gasteiger partial charge in [-0.3, -0.25) is 4.79 Å². The Morgan fingerprint density at radius 2 is 1.84 bits per heavy atom. The number of nitrogens with one attached hydrogen (secondary N) is 1. The number of amides is 1. The van der Waals surface area contributed by atoms with E-state index in [1.54, 1.807) is 7.11 Å². The van der Waals surface area contributed by atoms with Gasteiger partial charge in [-0.05, 0) is 51.1 Å². The lowest BCUT2D eigenvalue weighted by Crippen LogP contribution is -2.51. The molecule has 1 aromatic carbocycles. The first-order valence-corrected chi connectivity index (χ1v) is 6.70. The van der Waals surface area contributed by atoms with Gasteiger partial charge in [0, 0.05) is 24.2 Å². The number of benzene rings is 1. The van der Waals surface area contributed by atoms with Crippen molar-refractivity contribution in [2.45, 2.75) is 25.3 Å². The maximum Gasteiger partial charge on any atom is 0.253 e.